The number of benzene rings is 1. The lowest BCUT2D eigenvalue weighted by Gasteiger charge is -2.07. The molecule has 0 aliphatic rings. The van der Waals surface area contributed by atoms with Gasteiger partial charge in [0.15, 0.2) is 0 Å². The zero-order valence-electron chi connectivity index (χ0n) is 10.4. The van der Waals surface area contributed by atoms with Crippen molar-refractivity contribution in [3.05, 3.63) is 50.1 Å². The zero-order valence-corrected chi connectivity index (χ0v) is 12.8. The van der Waals surface area contributed by atoms with Crippen LogP contribution < -0.4 is 5.32 Å². The Hall–Kier alpha value is -1.33. The zero-order chi connectivity index (χ0) is 13.8. The van der Waals surface area contributed by atoms with Gasteiger partial charge in [0, 0.05) is 26.5 Å². The molecule has 2 N–H and O–H groups in total. The molecule has 100 valence electrons. The molecule has 5 heteroatoms. The smallest absolute Gasteiger partial charge is 0.308 e. The number of hydrogen-bond donors (Lipinski definition) is 2. The van der Waals surface area contributed by atoms with E-state index in [-0.39, 0.29) is 6.42 Å². The minimum Gasteiger partial charge on any atom is -0.481 e. The van der Waals surface area contributed by atoms with Crippen LogP contribution in [0.1, 0.15) is 15.3 Å². The SMILES string of the molecule is Cc1ccc(NCc2ccc(CC(=O)O)s2)c(Br)c1. The van der Waals surface area contributed by atoms with Crippen molar-refractivity contribution in [2.75, 3.05) is 5.32 Å². The van der Waals surface area contributed by atoms with Gasteiger partial charge in [0.2, 0.25) is 0 Å². The summed E-state index contributed by atoms with van der Waals surface area (Å²) in [6.07, 6.45) is 0.0961. The van der Waals surface area contributed by atoms with Crippen LogP contribution in [0.4, 0.5) is 5.69 Å². The van der Waals surface area contributed by atoms with Gasteiger partial charge in [-0.1, -0.05) is 6.07 Å². The van der Waals surface area contributed by atoms with Crippen molar-refractivity contribution in [1.82, 2.24) is 0 Å². The van der Waals surface area contributed by atoms with Crippen LogP contribution in [0.3, 0.4) is 0 Å². The number of carbonyl (C=O) groups is 1. The van der Waals surface area contributed by atoms with E-state index >= 15 is 0 Å². The van der Waals surface area contributed by atoms with E-state index in [0.717, 1.165) is 19.9 Å². The Morgan fingerprint density at radius 1 is 1.32 bits per heavy atom. The summed E-state index contributed by atoms with van der Waals surface area (Å²) in [6.45, 7) is 2.75. The van der Waals surface area contributed by atoms with E-state index in [0.29, 0.717) is 6.54 Å². The molecule has 0 saturated heterocycles. The first kappa shape index (κ1) is 14.1. The highest BCUT2D eigenvalue weighted by atomic mass is 79.9. The third-order valence-electron chi connectivity index (χ3n) is 2.62. The van der Waals surface area contributed by atoms with Gasteiger partial charge in [-0.2, -0.15) is 0 Å². The molecule has 3 nitrogen and oxygen atoms in total. The van der Waals surface area contributed by atoms with E-state index in [2.05, 4.69) is 33.4 Å². The van der Waals surface area contributed by atoms with Crippen molar-refractivity contribution in [2.24, 2.45) is 0 Å². The Labute approximate surface area is 124 Å². The highest BCUT2D eigenvalue weighted by molar-refractivity contribution is 9.10. The topological polar surface area (TPSA) is 49.3 Å². The molecule has 0 fully saturated rings. The number of thiophene rings is 1. The lowest BCUT2D eigenvalue weighted by Crippen LogP contribution is -1.98. The molecule has 2 rings (SSSR count). The van der Waals surface area contributed by atoms with Gasteiger partial charge in [0.1, 0.15) is 0 Å². The molecule has 2 aromatic rings. The molecule has 0 aliphatic heterocycles. The summed E-state index contributed by atoms with van der Waals surface area (Å²) in [4.78, 5) is 12.6. The van der Waals surface area contributed by atoms with Crippen molar-refractivity contribution < 1.29 is 9.90 Å². The third kappa shape index (κ3) is 4.08. The molecule has 0 amide bonds. The summed E-state index contributed by atoms with van der Waals surface area (Å²) in [7, 11) is 0. The van der Waals surface area contributed by atoms with Crippen molar-refractivity contribution in [3.8, 4) is 0 Å². The van der Waals surface area contributed by atoms with Crippen molar-refractivity contribution >= 4 is 38.9 Å². The minimum atomic E-state index is -0.789. The average molecular weight is 340 g/mol. The van der Waals surface area contributed by atoms with Gasteiger partial charge in [0.05, 0.1) is 6.42 Å². The van der Waals surface area contributed by atoms with Gasteiger partial charge < -0.3 is 10.4 Å². The van der Waals surface area contributed by atoms with Crippen molar-refractivity contribution in [3.63, 3.8) is 0 Å². The maximum atomic E-state index is 10.6. The Balaban J connectivity index is 1.98. The summed E-state index contributed by atoms with van der Waals surface area (Å²) in [5.41, 5.74) is 2.25. The molecule has 0 atom stereocenters. The van der Waals surface area contributed by atoms with E-state index in [1.807, 2.05) is 25.1 Å². The van der Waals surface area contributed by atoms with E-state index < -0.39 is 5.97 Å². The van der Waals surface area contributed by atoms with E-state index in [9.17, 15) is 4.79 Å². The summed E-state index contributed by atoms with van der Waals surface area (Å²) >= 11 is 5.05. The second kappa shape index (κ2) is 6.21. The largest absolute Gasteiger partial charge is 0.481 e. The molecule has 19 heavy (non-hydrogen) atoms. The van der Waals surface area contributed by atoms with Crippen molar-refractivity contribution in [2.45, 2.75) is 19.9 Å². The van der Waals surface area contributed by atoms with Crippen LogP contribution in [0.25, 0.3) is 0 Å². The number of halogens is 1. The lowest BCUT2D eigenvalue weighted by atomic mass is 10.2. The number of carboxylic acids is 1. The standard InChI is InChI=1S/C14H14BrNO2S/c1-9-2-5-13(12(15)6-9)16-8-11-4-3-10(19-11)7-14(17)18/h2-6,16H,7-8H2,1H3,(H,17,18). The van der Waals surface area contributed by atoms with Gasteiger partial charge in [-0.05, 0) is 52.7 Å². The number of rotatable bonds is 5. The summed E-state index contributed by atoms with van der Waals surface area (Å²) in [6, 6.07) is 9.99. The second-order valence-corrected chi connectivity index (χ2v) is 6.38. The Morgan fingerprint density at radius 3 is 2.74 bits per heavy atom. The van der Waals surface area contributed by atoms with Crippen LogP contribution in [-0.4, -0.2) is 11.1 Å². The molecular weight excluding hydrogens is 326 g/mol. The number of carboxylic acid groups (broad SMARTS) is 1. The molecule has 1 aromatic carbocycles. The van der Waals surface area contributed by atoms with Gasteiger partial charge in [-0.25, -0.2) is 0 Å². The van der Waals surface area contributed by atoms with E-state index in [1.165, 1.54) is 16.9 Å². The Kier molecular flexibility index (Phi) is 4.61. The molecule has 1 aromatic heterocycles. The van der Waals surface area contributed by atoms with Gasteiger partial charge >= 0.3 is 5.97 Å². The maximum absolute atomic E-state index is 10.6. The first-order chi connectivity index (χ1) is 9.04. The van der Waals surface area contributed by atoms with Crippen LogP contribution in [0, 0.1) is 6.92 Å². The molecule has 1 heterocycles. The number of aliphatic carboxylic acids is 1. The van der Waals surface area contributed by atoms with Crippen LogP contribution in [0.5, 0.6) is 0 Å². The van der Waals surface area contributed by atoms with Gasteiger partial charge in [-0.3, -0.25) is 4.79 Å². The van der Waals surface area contributed by atoms with Crippen LogP contribution in [0.2, 0.25) is 0 Å². The molecule has 0 saturated carbocycles. The number of aryl methyl sites for hydroxylation is 1. The fraction of sp³-hybridized carbons (Fsp3) is 0.214. The van der Waals surface area contributed by atoms with Crippen LogP contribution >= 0.6 is 27.3 Å². The molecule has 0 radical (unpaired) electrons. The predicted octanol–water partition coefficient (Wildman–Crippen LogP) is 4.06. The normalized spacial score (nSPS) is 10.4. The monoisotopic (exact) mass is 339 g/mol. The van der Waals surface area contributed by atoms with Gasteiger partial charge in [0.25, 0.3) is 0 Å². The molecule has 0 aliphatic carbocycles. The van der Waals surface area contributed by atoms with Crippen LogP contribution in [-0.2, 0) is 17.8 Å². The molecular formula is C14H14BrNO2S. The van der Waals surface area contributed by atoms with E-state index in [4.69, 9.17) is 5.11 Å². The highest BCUT2D eigenvalue weighted by Crippen LogP contribution is 2.25. The predicted molar refractivity (Wildman–Crippen MR) is 81.9 cm³/mol. The lowest BCUT2D eigenvalue weighted by molar-refractivity contribution is -0.136. The first-order valence-corrected chi connectivity index (χ1v) is 7.45. The second-order valence-electron chi connectivity index (χ2n) is 4.28. The minimum absolute atomic E-state index is 0.0961. The summed E-state index contributed by atoms with van der Waals surface area (Å²) < 4.78 is 1.04. The Bertz CT molecular complexity index is 595. The average Bonchev–Trinajstić information content (AvgIpc) is 2.74. The fourth-order valence-electron chi connectivity index (χ4n) is 1.71. The fourth-order valence-corrected chi connectivity index (χ4v) is 3.29. The third-order valence-corrected chi connectivity index (χ3v) is 4.36. The van der Waals surface area contributed by atoms with Crippen molar-refractivity contribution in [1.29, 1.82) is 0 Å². The molecule has 0 bridgehead atoms. The molecule has 0 unspecified atom stereocenters. The quantitative estimate of drug-likeness (QED) is 0.863. The molecule has 0 spiro atoms. The Morgan fingerprint density at radius 2 is 2.05 bits per heavy atom. The first-order valence-electron chi connectivity index (χ1n) is 5.84. The highest BCUT2D eigenvalue weighted by Gasteiger charge is 2.05. The maximum Gasteiger partial charge on any atom is 0.308 e. The number of nitrogens with one attached hydrogen (secondary N) is 1. The van der Waals surface area contributed by atoms with Crippen LogP contribution in [0.15, 0.2) is 34.8 Å². The number of hydrogen-bond acceptors (Lipinski definition) is 3. The summed E-state index contributed by atoms with van der Waals surface area (Å²) in [5, 5.41) is 12.1. The number of anilines is 1. The van der Waals surface area contributed by atoms with Gasteiger partial charge in [-0.15, -0.1) is 11.3 Å². The van der Waals surface area contributed by atoms with E-state index in [1.54, 1.807) is 0 Å². The summed E-state index contributed by atoms with van der Waals surface area (Å²) in [5.74, 6) is -0.789.